The number of benzene rings is 1. The molecule has 5 nitrogen and oxygen atoms in total. The zero-order valence-corrected chi connectivity index (χ0v) is 11.2. The number of carboxylic acid groups (broad SMARTS) is 1. The van der Waals surface area contributed by atoms with Gasteiger partial charge < -0.3 is 10.0 Å². The van der Waals surface area contributed by atoms with Gasteiger partial charge in [-0.1, -0.05) is 6.07 Å². The predicted octanol–water partition coefficient (Wildman–Crippen LogP) is 1.88. The van der Waals surface area contributed by atoms with Crippen LogP contribution in [0.15, 0.2) is 24.3 Å². The zero-order valence-electron chi connectivity index (χ0n) is 11.2. The lowest BCUT2D eigenvalue weighted by atomic mass is 9.93. The molecule has 1 heterocycles. The van der Waals surface area contributed by atoms with Crippen molar-refractivity contribution in [3.8, 4) is 6.07 Å². The van der Waals surface area contributed by atoms with Crippen LogP contribution in [0.4, 0.5) is 0 Å². The highest BCUT2D eigenvalue weighted by atomic mass is 16.4. The average Bonchev–Trinajstić information content (AvgIpc) is 2.46. The molecule has 20 heavy (non-hydrogen) atoms. The summed E-state index contributed by atoms with van der Waals surface area (Å²) in [5.41, 5.74) is 0.859. The molecule has 0 spiro atoms. The van der Waals surface area contributed by atoms with E-state index in [-0.39, 0.29) is 18.5 Å². The lowest BCUT2D eigenvalue weighted by Gasteiger charge is -2.36. The Labute approximate surface area is 117 Å². The maximum Gasteiger partial charge on any atom is 0.308 e. The number of hydrogen-bond donors (Lipinski definition) is 1. The van der Waals surface area contributed by atoms with Crippen molar-refractivity contribution in [3.05, 3.63) is 35.4 Å². The Morgan fingerprint density at radius 2 is 2.15 bits per heavy atom. The van der Waals surface area contributed by atoms with Crippen LogP contribution in [0.3, 0.4) is 0 Å². The lowest BCUT2D eigenvalue weighted by Crippen LogP contribution is -2.47. The van der Waals surface area contributed by atoms with Gasteiger partial charge in [0.1, 0.15) is 0 Å². The maximum absolute atomic E-state index is 12.5. The van der Waals surface area contributed by atoms with Crippen LogP contribution in [0.5, 0.6) is 0 Å². The van der Waals surface area contributed by atoms with Gasteiger partial charge >= 0.3 is 5.97 Å². The SMILES string of the molecule is CC1CCC(C(=O)O)CN1C(=O)c1cccc(C#N)c1. The van der Waals surface area contributed by atoms with E-state index in [1.54, 1.807) is 29.2 Å². The molecule has 0 radical (unpaired) electrons. The van der Waals surface area contributed by atoms with Gasteiger partial charge in [0.15, 0.2) is 0 Å². The molecule has 2 unspecified atom stereocenters. The molecule has 5 heteroatoms. The minimum Gasteiger partial charge on any atom is -0.481 e. The van der Waals surface area contributed by atoms with E-state index >= 15 is 0 Å². The van der Waals surface area contributed by atoms with Crippen molar-refractivity contribution in [3.63, 3.8) is 0 Å². The van der Waals surface area contributed by atoms with Crippen LogP contribution >= 0.6 is 0 Å². The summed E-state index contributed by atoms with van der Waals surface area (Å²) in [5.74, 6) is -1.57. The maximum atomic E-state index is 12.5. The van der Waals surface area contributed by atoms with Gasteiger partial charge in [0.2, 0.25) is 0 Å². The Morgan fingerprint density at radius 1 is 1.40 bits per heavy atom. The Kier molecular flexibility index (Phi) is 4.04. The lowest BCUT2D eigenvalue weighted by molar-refractivity contribution is -0.143. The second kappa shape index (κ2) is 5.74. The Hall–Kier alpha value is -2.35. The number of carbonyl (C=O) groups is 2. The van der Waals surface area contributed by atoms with Gasteiger partial charge in [-0.05, 0) is 38.0 Å². The van der Waals surface area contributed by atoms with E-state index in [0.717, 1.165) is 0 Å². The van der Waals surface area contributed by atoms with E-state index in [0.29, 0.717) is 24.0 Å². The van der Waals surface area contributed by atoms with Crippen molar-refractivity contribution in [1.29, 1.82) is 5.26 Å². The number of rotatable bonds is 2. The second-order valence-electron chi connectivity index (χ2n) is 5.11. The molecule has 2 atom stereocenters. The largest absolute Gasteiger partial charge is 0.481 e. The summed E-state index contributed by atoms with van der Waals surface area (Å²) in [5, 5.41) is 18.0. The van der Waals surface area contributed by atoms with Crippen molar-refractivity contribution in [2.45, 2.75) is 25.8 Å². The van der Waals surface area contributed by atoms with Crippen molar-refractivity contribution in [2.75, 3.05) is 6.54 Å². The summed E-state index contributed by atoms with van der Waals surface area (Å²) in [6.45, 7) is 2.15. The quantitative estimate of drug-likeness (QED) is 0.891. The molecule has 104 valence electrons. The van der Waals surface area contributed by atoms with E-state index in [9.17, 15) is 9.59 Å². The molecule has 0 aromatic heterocycles. The second-order valence-corrected chi connectivity index (χ2v) is 5.11. The molecule has 0 bridgehead atoms. The fourth-order valence-corrected chi connectivity index (χ4v) is 2.48. The molecule has 0 aliphatic carbocycles. The van der Waals surface area contributed by atoms with Crippen molar-refractivity contribution < 1.29 is 14.7 Å². The molecule has 0 saturated carbocycles. The van der Waals surface area contributed by atoms with Crippen LogP contribution in [0.25, 0.3) is 0 Å². The summed E-state index contributed by atoms with van der Waals surface area (Å²) >= 11 is 0. The van der Waals surface area contributed by atoms with Gasteiger partial charge in [-0.15, -0.1) is 0 Å². The Morgan fingerprint density at radius 3 is 2.80 bits per heavy atom. The van der Waals surface area contributed by atoms with E-state index in [1.165, 1.54) is 0 Å². The van der Waals surface area contributed by atoms with Gasteiger partial charge in [0.25, 0.3) is 5.91 Å². The number of aliphatic carboxylic acids is 1. The highest BCUT2D eigenvalue weighted by Gasteiger charge is 2.32. The van der Waals surface area contributed by atoms with E-state index in [4.69, 9.17) is 10.4 Å². The first kappa shape index (κ1) is 14.1. The molecule has 1 fully saturated rings. The van der Waals surface area contributed by atoms with E-state index < -0.39 is 11.9 Å². The number of amides is 1. The van der Waals surface area contributed by atoms with Crippen LogP contribution in [0.2, 0.25) is 0 Å². The Balaban J connectivity index is 2.22. The van der Waals surface area contributed by atoms with E-state index in [1.807, 2.05) is 13.0 Å². The molecule has 1 aromatic rings. The van der Waals surface area contributed by atoms with Gasteiger partial charge in [-0.25, -0.2) is 0 Å². The summed E-state index contributed by atoms with van der Waals surface area (Å²) in [4.78, 5) is 25.2. The molecular formula is C15H16N2O3. The smallest absolute Gasteiger partial charge is 0.308 e. The van der Waals surface area contributed by atoms with Crippen molar-refractivity contribution >= 4 is 11.9 Å². The molecule has 1 N–H and O–H groups in total. The zero-order chi connectivity index (χ0) is 14.7. The predicted molar refractivity (Wildman–Crippen MR) is 72.0 cm³/mol. The van der Waals surface area contributed by atoms with Crippen LogP contribution < -0.4 is 0 Å². The van der Waals surface area contributed by atoms with Crippen molar-refractivity contribution in [1.82, 2.24) is 4.90 Å². The molecule has 1 saturated heterocycles. The minimum atomic E-state index is -0.861. The first-order chi connectivity index (χ1) is 9.52. The van der Waals surface area contributed by atoms with Gasteiger partial charge in [-0.2, -0.15) is 5.26 Å². The molecule has 1 aliphatic rings. The molecule has 1 aromatic carbocycles. The van der Waals surface area contributed by atoms with Gasteiger partial charge in [-0.3, -0.25) is 9.59 Å². The number of piperidine rings is 1. The summed E-state index contributed by atoms with van der Waals surface area (Å²) < 4.78 is 0. The summed E-state index contributed by atoms with van der Waals surface area (Å²) in [6, 6.07) is 8.51. The third kappa shape index (κ3) is 2.80. The number of carbonyl (C=O) groups excluding carboxylic acids is 1. The van der Waals surface area contributed by atoms with Crippen LogP contribution in [-0.2, 0) is 4.79 Å². The molecule has 1 aliphatic heterocycles. The highest BCUT2D eigenvalue weighted by molar-refractivity contribution is 5.95. The monoisotopic (exact) mass is 272 g/mol. The number of nitriles is 1. The van der Waals surface area contributed by atoms with Gasteiger partial charge in [0, 0.05) is 18.2 Å². The molecular weight excluding hydrogens is 256 g/mol. The number of nitrogens with zero attached hydrogens (tertiary/aromatic N) is 2. The summed E-state index contributed by atoms with van der Waals surface area (Å²) in [7, 11) is 0. The average molecular weight is 272 g/mol. The Bertz CT molecular complexity index is 577. The third-order valence-corrected chi connectivity index (χ3v) is 3.73. The number of likely N-dealkylation sites (tertiary alicyclic amines) is 1. The molecule has 1 amide bonds. The fourth-order valence-electron chi connectivity index (χ4n) is 2.48. The normalized spacial score (nSPS) is 22.1. The van der Waals surface area contributed by atoms with E-state index in [2.05, 4.69) is 0 Å². The topological polar surface area (TPSA) is 81.4 Å². The standard InChI is InChI=1S/C15H16N2O3/c1-10-5-6-13(15(19)20)9-17(10)14(18)12-4-2-3-11(7-12)8-16/h2-4,7,10,13H,5-6,9H2,1H3,(H,19,20). The van der Waals surface area contributed by atoms with Crippen LogP contribution in [0, 0.1) is 17.2 Å². The van der Waals surface area contributed by atoms with Crippen LogP contribution in [-0.4, -0.2) is 34.5 Å². The number of hydrogen-bond acceptors (Lipinski definition) is 3. The molecule has 2 rings (SSSR count). The first-order valence-corrected chi connectivity index (χ1v) is 6.57. The fraction of sp³-hybridized carbons (Fsp3) is 0.400. The van der Waals surface area contributed by atoms with Crippen LogP contribution in [0.1, 0.15) is 35.7 Å². The third-order valence-electron chi connectivity index (χ3n) is 3.73. The highest BCUT2D eigenvalue weighted by Crippen LogP contribution is 2.24. The van der Waals surface area contributed by atoms with Crippen molar-refractivity contribution in [2.24, 2.45) is 5.92 Å². The summed E-state index contributed by atoms with van der Waals surface area (Å²) in [6.07, 6.45) is 1.28. The minimum absolute atomic E-state index is 0.0174. The van der Waals surface area contributed by atoms with Gasteiger partial charge in [0.05, 0.1) is 17.6 Å². The first-order valence-electron chi connectivity index (χ1n) is 6.57. The number of carboxylic acids is 1.